The van der Waals surface area contributed by atoms with Crippen molar-refractivity contribution in [1.29, 1.82) is 0 Å². The quantitative estimate of drug-likeness (QED) is 0.731. The van der Waals surface area contributed by atoms with Gasteiger partial charge in [0.2, 0.25) is 0 Å². The van der Waals surface area contributed by atoms with Crippen LogP contribution in [0.15, 0.2) is 0 Å². The standard InChI is InChI=1S/C23H36O4/c1-14(24)23(27-15(2)25)12-9-20-18-6-5-16-13-17(26)7-10-21(16,3)19(18)8-11-22(20,23)4/h16-20,26H,5-13H2,1-4H3/t16?,17?,18?,19?,20?,21-,22?,23-/m0/s1. The van der Waals surface area contributed by atoms with E-state index in [0.29, 0.717) is 35.5 Å². The minimum Gasteiger partial charge on any atom is -0.451 e. The lowest BCUT2D eigenvalue weighted by molar-refractivity contribution is -0.192. The smallest absolute Gasteiger partial charge is 0.303 e. The van der Waals surface area contributed by atoms with Crippen LogP contribution in [0.4, 0.5) is 0 Å². The van der Waals surface area contributed by atoms with Crippen molar-refractivity contribution in [1.82, 2.24) is 0 Å². The predicted molar refractivity (Wildman–Crippen MR) is 103 cm³/mol. The van der Waals surface area contributed by atoms with Gasteiger partial charge in [-0.25, -0.2) is 0 Å². The molecule has 0 amide bonds. The lowest BCUT2D eigenvalue weighted by atomic mass is 9.44. The van der Waals surface area contributed by atoms with Crippen LogP contribution in [0.25, 0.3) is 0 Å². The highest BCUT2D eigenvalue weighted by Crippen LogP contribution is 2.69. The Hall–Kier alpha value is -0.900. The van der Waals surface area contributed by atoms with Crippen LogP contribution >= 0.6 is 0 Å². The zero-order valence-corrected chi connectivity index (χ0v) is 17.4. The molecule has 4 fully saturated rings. The topological polar surface area (TPSA) is 63.6 Å². The molecule has 0 heterocycles. The van der Waals surface area contributed by atoms with Gasteiger partial charge in [0.05, 0.1) is 6.10 Å². The van der Waals surface area contributed by atoms with Crippen LogP contribution in [0.5, 0.6) is 0 Å². The molecule has 4 rings (SSSR count). The van der Waals surface area contributed by atoms with Gasteiger partial charge in [-0.15, -0.1) is 0 Å². The molecule has 4 aliphatic rings. The molecule has 0 bridgehead atoms. The summed E-state index contributed by atoms with van der Waals surface area (Å²) in [5.74, 6) is 2.11. The molecule has 4 heteroatoms. The van der Waals surface area contributed by atoms with E-state index in [-0.39, 0.29) is 23.3 Å². The van der Waals surface area contributed by atoms with Gasteiger partial charge in [-0.2, -0.15) is 0 Å². The number of carbonyl (C=O) groups is 2. The van der Waals surface area contributed by atoms with Crippen LogP contribution in [-0.2, 0) is 14.3 Å². The van der Waals surface area contributed by atoms with E-state index in [0.717, 1.165) is 38.5 Å². The van der Waals surface area contributed by atoms with Gasteiger partial charge >= 0.3 is 5.97 Å². The van der Waals surface area contributed by atoms with Crippen molar-refractivity contribution in [3.63, 3.8) is 0 Å². The molecule has 0 aromatic heterocycles. The third-order valence-corrected chi connectivity index (χ3v) is 9.64. The molecule has 4 nitrogen and oxygen atoms in total. The first kappa shape index (κ1) is 19.4. The number of fused-ring (bicyclic) bond motifs is 5. The highest BCUT2D eigenvalue weighted by Gasteiger charge is 2.68. The molecule has 4 aliphatic carbocycles. The molecule has 1 N–H and O–H groups in total. The number of ketones is 1. The van der Waals surface area contributed by atoms with Gasteiger partial charge in [-0.05, 0) is 93.8 Å². The Kier molecular flexibility index (Phi) is 4.53. The summed E-state index contributed by atoms with van der Waals surface area (Å²) in [7, 11) is 0. The number of rotatable bonds is 2. The Morgan fingerprint density at radius 1 is 0.926 bits per heavy atom. The van der Waals surface area contributed by atoms with Crippen molar-refractivity contribution in [2.24, 2.45) is 34.5 Å². The van der Waals surface area contributed by atoms with Gasteiger partial charge in [0.25, 0.3) is 0 Å². The number of ether oxygens (including phenoxy) is 1. The molecule has 0 aromatic carbocycles. The lowest BCUT2D eigenvalue weighted by Crippen LogP contribution is -2.59. The first-order chi connectivity index (χ1) is 12.6. The molecule has 152 valence electrons. The summed E-state index contributed by atoms with van der Waals surface area (Å²) in [6.07, 6.45) is 9.08. The molecule has 27 heavy (non-hydrogen) atoms. The van der Waals surface area contributed by atoms with Crippen LogP contribution in [0.1, 0.15) is 85.5 Å². The fourth-order valence-corrected chi connectivity index (χ4v) is 8.30. The minimum absolute atomic E-state index is 0.0295. The van der Waals surface area contributed by atoms with Crippen LogP contribution < -0.4 is 0 Å². The Labute approximate surface area is 163 Å². The molecular formula is C23H36O4. The zero-order chi connectivity index (χ0) is 19.6. The summed E-state index contributed by atoms with van der Waals surface area (Å²) in [4.78, 5) is 24.6. The second-order valence-electron chi connectivity index (χ2n) is 10.6. The number of Topliss-reactive ketones (excluding diaryl/α,β-unsaturated/α-hetero) is 1. The Morgan fingerprint density at radius 2 is 1.63 bits per heavy atom. The second kappa shape index (κ2) is 6.30. The van der Waals surface area contributed by atoms with Gasteiger partial charge in [0, 0.05) is 12.3 Å². The van der Waals surface area contributed by atoms with Gasteiger partial charge in [0.1, 0.15) is 0 Å². The highest BCUT2D eigenvalue weighted by molar-refractivity contribution is 5.89. The number of hydrogen-bond acceptors (Lipinski definition) is 4. The molecule has 0 spiro atoms. The Balaban J connectivity index is 1.66. The average Bonchev–Trinajstić information content (AvgIpc) is 2.89. The number of hydrogen-bond donors (Lipinski definition) is 1. The molecule has 6 unspecified atom stereocenters. The maximum absolute atomic E-state index is 12.7. The van der Waals surface area contributed by atoms with Crippen molar-refractivity contribution < 1.29 is 19.4 Å². The van der Waals surface area contributed by atoms with E-state index in [9.17, 15) is 14.7 Å². The van der Waals surface area contributed by atoms with Crippen molar-refractivity contribution in [3.8, 4) is 0 Å². The SMILES string of the molecule is CC(=O)O[C@]1(C(C)=O)CCC2C3CCC4CC(O)CC[C@]4(C)C3CCC21C. The van der Waals surface area contributed by atoms with E-state index in [1.54, 1.807) is 6.92 Å². The zero-order valence-electron chi connectivity index (χ0n) is 17.4. The van der Waals surface area contributed by atoms with Gasteiger partial charge in [0.15, 0.2) is 11.4 Å². The van der Waals surface area contributed by atoms with Gasteiger partial charge < -0.3 is 9.84 Å². The number of aliphatic hydroxyl groups excluding tert-OH is 1. The van der Waals surface area contributed by atoms with E-state index in [1.807, 2.05) is 0 Å². The minimum atomic E-state index is -0.922. The average molecular weight is 377 g/mol. The van der Waals surface area contributed by atoms with Crippen molar-refractivity contribution >= 4 is 11.8 Å². The maximum atomic E-state index is 12.7. The molecule has 8 atom stereocenters. The van der Waals surface area contributed by atoms with Crippen LogP contribution in [0.2, 0.25) is 0 Å². The summed E-state index contributed by atoms with van der Waals surface area (Å²) < 4.78 is 5.84. The Morgan fingerprint density at radius 3 is 2.30 bits per heavy atom. The van der Waals surface area contributed by atoms with E-state index in [1.165, 1.54) is 19.8 Å². The third kappa shape index (κ3) is 2.58. The second-order valence-corrected chi connectivity index (χ2v) is 10.6. The Bertz CT molecular complexity index is 644. The largest absolute Gasteiger partial charge is 0.451 e. The summed E-state index contributed by atoms with van der Waals surface area (Å²) >= 11 is 0. The fraction of sp³-hybridized carbons (Fsp3) is 0.913. The van der Waals surface area contributed by atoms with Gasteiger partial charge in [-0.3, -0.25) is 9.59 Å². The predicted octanol–water partition coefficient (Wildman–Crippen LogP) is 4.28. The van der Waals surface area contributed by atoms with Crippen molar-refractivity contribution in [2.75, 3.05) is 0 Å². The van der Waals surface area contributed by atoms with Crippen molar-refractivity contribution in [3.05, 3.63) is 0 Å². The molecule has 0 radical (unpaired) electrons. The summed E-state index contributed by atoms with van der Waals surface area (Å²) in [6, 6.07) is 0. The number of aliphatic hydroxyl groups is 1. The molecule has 0 aliphatic heterocycles. The summed E-state index contributed by atoms with van der Waals surface area (Å²) in [6.45, 7) is 7.75. The maximum Gasteiger partial charge on any atom is 0.303 e. The first-order valence-corrected chi connectivity index (χ1v) is 11.0. The van der Waals surface area contributed by atoms with Crippen LogP contribution in [0.3, 0.4) is 0 Å². The third-order valence-electron chi connectivity index (χ3n) is 9.64. The van der Waals surface area contributed by atoms with E-state index in [4.69, 9.17) is 4.74 Å². The summed E-state index contributed by atoms with van der Waals surface area (Å²) in [5, 5.41) is 10.2. The van der Waals surface area contributed by atoms with Crippen LogP contribution in [0, 0.1) is 34.5 Å². The molecule has 0 saturated heterocycles. The number of carbonyl (C=O) groups excluding carboxylic acids is 2. The monoisotopic (exact) mass is 376 g/mol. The lowest BCUT2D eigenvalue weighted by Gasteiger charge is -2.61. The first-order valence-electron chi connectivity index (χ1n) is 11.0. The van der Waals surface area contributed by atoms with Crippen LogP contribution in [-0.4, -0.2) is 28.6 Å². The molecular weight excluding hydrogens is 340 g/mol. The number of esters is 1. The van der Waals surface area contributed by atoms with Crippen molar-refractivity contribution in [2.45, 2.75) is 97.2 Å². The fourth-order valence-electron chi connectivity index (χ4n) is 8.30. The molecule has 0 aromatic rings. The highest BCUT2D eigenvalue weighted by atomic mass is 16.6. The summed E-state index contributed by atoms with van der Waals surface area (Å²) in [5.41, 5.74) is -0.829. The normalized spacial score (nSPS) is 51.7. The van der Waals surface area contributed by atoms with E-state index in [2.05, 4.69) is 13.8 Å². The van der Waals surface area contributed by atoms with E-state index < -0.39 is 5.60 Å². The van der Waals surface area contributed by atoms with E-state index >= 15 is 0 Å². The van der Waals surface area contributed by atoms with Gasteiger partial charge in [-0.1, -0.05) is 13.8 Å². The molecule has 4 saturated carbocycles.